The zero-order valence-electron chi connectivity index (χ0n) is 21.0. The fourth-order valence-electron chi connectivity index (χ4n) is 4.06. The molecular formula is C30H34Cl2N2O2. The van der Waals surface area contributed by atoms with Crippen molar-refractivity contribution in [1.82, 2.24) is 10.2 Å². The van der Waals surface area contributed by atoms with E-state index in [1.807, 2.05) is 61.5 Å². The van der Waals surface area contributed by atoms with Crippen molar-refractivity contribution in [2.45, 2.75) is 58.5 Å². The van der Waals surface area contributed by atoms with Crippen LogP contribution in [0.2, 0.25) is 10.0 Å². The van der Waals surface area contributed by atoms with Crippen LogP contribution in [0.25, 0.3) is 0 Å². The second-order valence-electron chi connectivity index (χ2n) is 9.06. The number of benzene rings is 3. The number of hydrogen-bond acceptors (Lipinski definition) is 2. The molecule has 190 valence electrons. The van der Waals surface area contributed by atoms with Crippen molar-refractivity contribution in [2.24, 2.45) is 0 Å². The number of carbonyl (C=O) groups is 2. The molecule has 0 aliphatic heterocycles. The predicted octanol–water partition coefficient (Wildman–Crippen LogP) is 6.79. The quantitative estimate of drug-likeness (QED) is 0.265. The third-order valence-corrected chi connectivity index (χ3v) is 6.95. The van der Waals surface area contributed by atoms with Gasteiger partial charge in [0.05, 0.1) is 0 Å². The first kappa shape index (κ1) is 27.8. The SMILES string of the molecule is CCCCNC(=O)[C@@H](Cc1ccccc1)N(Cc1c(Cl)cccc1Cl)C(=O)CCc1ccc(C)cc1. The Balaban J connectivity index is 1.92. The summed E-state index contributed by atoms with van der Waals surface area (Å²) in [5.74, 6) is -0.280. The molecule has 2 amide bonds. The number of nitrogens with one attached hydrogen (secondary N) is 1. The van der Waals surface area contributed by atoms with E-state index in [1.54, 1.807) is 23.1 Å². The van der Waals surface area contributed by atoms with Gasteiger partial charge < -0.3 is 10.2 Å². The van der Waals surface area contributed by atoms with Gasteiger partial charge in [-0.3, -0.25) is 9.59 Å². The van der Waals surface area contributed by atoms with E-state index in [1.165, 1.54) is 5.56 Å². The minimum Gasteiger partial charge on any atom is -0.354 e. The Kier molecular flexibility index (Phi) is 10.8. The molecular weight excluding hydrogens is 491 g/mol. The molecule has 0 spiro atoms. The Morgan fingerprint density at radius 1 is 0.889 bits per heavy atom. The predicted molar refractivity (Wildman–Crippen MR) is 148 cm³/mol. The number of rotatable bonds is 12. The van der Waals surface area contributed by atoms with Crippen LogP contribution in [0.1, 0.15) is 48.4 Å². The number of hydrogen-bond donors (Lipinski definition) is 1. The highest BCUT2D eigenvalue weighted by Gasteiger charge is 2.31. The van der Waals surface area contributed by atoms with Crippen LogP contribution in [0.5, 0.6) is 0 Å². The molecule has 1 atom stereocenters. The summed E-state index contributed by atoms with van der Waals surface area (Å²) in [5.41, 5.74) is 3.88. The molecule has 0 saturated carbocycles. The second kappa shape index (κ2) is 14.1. The van der Waals surface area contributed by atoms with Crippen molar-refractivity contribution in [3.8, 4) is 0 Å². The molecule has 3 aromatic rings. The van der Waals surface area contributed by atoms with Gasteiger partial charge in [-0.2, -0.15) is 0 Å². The maximum absolute atomic E-state index is 13.7. The van der Waals surface area contributed by atoms with Crippen molar-refractivity contribution in [3.05, 3.63) is 105 Å². The van der Waals surface area contributed by atoms with Crippen molar-refractivity contribution in [2.75, 3.05) is 6.54 Å². The van der Waals surface area contributed by atoms with Crippen LogP contribution >= 0.6 is 23.2 Å². The van der Waals surface area contributed by atoms with Gasteiger partial charge in [0, 0.05) is 41.5 Å². The van der Waals surface area contributed by atoms with Crippen molar-refractivity contribution in [3.63, 3.8) is 0 Å². The zero-order chi connectivity index (χ0) is 25.9. The van der Waals surface area contributed by atoms with E-state index >= 15 is 0 Å². The van der Waals surface area contributed by atoms with Crippen LogP contribution in [0.15, 0.2) is 72.8 Å². The molecule has 0 heterocycles. The van der Waals surface area contributed by atoms with Crippen LogP contribution in [0.4, 0.5) is 0 Å². The van der Waals surface area contributed by atoms with E-state index in [9.17, 15) is 9.59 Å². The van der Waals surface area contributed by atoms with Crippen LogP contribution in [-0.4, -0.2) is 29.3 Å². The lowest BCUT2D eigenvalue weighted by Gasteiger charge is -2.32. The maximum Gasteiger partial charge on any atom is 0.243 e. The molecule has 6 heteroatoms. The summed E-state index contributed by atoms with van der Waals surface area (Å²) in [7, 11) is 0. The molecule has 0 fully saturated rings. The zero-order valence-corrected chi connectivity index (χ0v) is 22.5. The number of carbonyl (C=O) groups excluding carboxylic acids is 2. The summed E-state index contributed by atoms with van der Waals surface area (Å²) in [6, 6.07) is 22.5. The summed E-state index contributed by atoms with van der Waals surface area (Å²) in [5, 5.41) is 3.99. The van der Waals surface area contributed by atoms with Gasteiger partial charge in [0.2, 0.25) is 11.8 Å². The molecule has 0 unspecified atom stereocenters. The van der Waals surface area contributed by atoms with Crippen molar-refractivity contribution in [1.29, 1.82) is 0 Å². The molecule has 4 nitrogen and oxygen atoms in total. The fourth-order valence-corrected chi connectivity index (χ4v) is 4.58. The molecule has 36 heavy (non-hydrogen) atoms. The highest BCUT2D eigenvalue weighted by atomic mass is 35.5. The lowest BCUT2D eigenvalue weighted by molar-refractivity contribution is -0.141. The molecule has 0 aliphatic carbocycles. The summed E-state index contributed by atoms with van der Waals surface area (Å²) in [6.45, 7) is 4.84. The van der Waals surface area contributed by atoms with Crippen LogP contribution in [0.3, 0.4) is 0 Å². The van der Waals surface area contributed by atoms with Crippen molar-refractivity contribution < 1.29 is 9.59 Å². The minimum atomic E-state index is -0.692. The van der Waals surface area contributed by atoms with Gasteiger partial charge in [-0.25, -0.2) is 0 Å². The maximum atomic E-state index is 13.7. The highest BCUT2D eigenvalue weighted by molar-refractivity contribution is 6.36. The van der Waals surface area contributed by atoms with E-state index in [0.29, 0.717) is 35.0 Å². The molecule has 0 radical (unpaired) electrons. The van der Waals surface area contributed by atoms with E-state index in [2.05, 4.69) is 12.2 Å². The van der Waals surface area contributed by atoms with Gasteiger partial charge in [-0.15, -0.1) is 0 Å². The standard InChI is InChI=1S/C30H34Cl2N2O2/c1-3-4-19-33-30(36)28(20-24-9-6-5-7-10-24)34(21-25-26(31)11-8-12-27(25)32)29(35)18-17-23-15-13-22(2)14-16-23/h5-16,28H,3-4,17-21H2,1-2H3,(H,33,36)/t28-/m1/s1. The minimum absolute atomic E-state index is 0.113. The smallest absolute Gasteiger partial charge is 0.243 e. The van der Waals surface area contributed by atoms with Crippen molar-refractivity contribution >= 4 is 35.0 Å². The van der Waals surface area contributed by atoms with E-state index < -0.39 is 6.04 Å². The van der Waals surface area contributed by atoms with Gasteiger partial charge >= 0.3 is 0 Å². The average molecular weight is 526 g/mol. The summed E-state index contributed by atoms with van der Waals surface area (Å²) < 4.78 is 0. The first-order valence-corrected chi connectivity index (χ1v) is 13.2. The van der Waals surface area contributed by atoms with E-state index in [0.717, 1.165) is 24.0 Å². The van der Waals surface area contributed by atoms with E-state index in [4.69, 9.17) is 23.2 Å². The Labute approximate surface area is 224 Å². The normalized spacial score (nSPS) is 11.7. The number of unbranched alkanes of at least 4 members (excludes halogenated alkanes) is 1. The largest absolute Gasteiger partial charge is 0.354 e. The third-order valence-electron chi connectivity index (χ3n) is 6.24. The Bertz CT molecular complexity index is 1110. The molecule has 0 aromatic heterocycles. The monoisotopic (exact) mass is 524 g/mol. The molecule has 1 N–H and O–H groups in total. The third kappa shape index (κ3) is 8.11. The van der Waals surface area contributed by atoms with E-state index in [-0.39, 0.29) is 24.8 Å². The first-order valence-electron chi connectivity index (χ1n) is 12.5. The molecule has 0 aliphatic rings. The lowest BCUT2D eigenvalue weighted by Crippen LogP contribution is -2.50. The van der Waals surface area contributed by atoms with Crippen LogP contribution in [-0.2, 0) is 29.0 Å². The molecule has 3 aromatic carbocycles. The van der Waals surface area contributed by atoms with Crippen LogP contribution < -0.4 is 5.32 Å². The number of halogens is 2. The van der Waals surface area contributed by atoms with Gasteiger partial charge in [0.1, 0.15) is 6.04 Å². The average Bonchev–Trinajstić information content (AvgIpc) is 2.88. The second-order valence-corrected chi connectivity index (χ2v) is 9.87. The first-order chi connectivity index (χ1) is 17.4. The topological polar surface area (TPSA) is 49.4 Å². The highest BCUT2D eigenvalue weighted by Crippen LogP contribution is 2.27. The fraction of sp³-hybridized carbons (Fsp3) is 0.333. The summed E-state index contributed by atoms with van der Waals surface area (Å²) in [4.78, 5) is 28.9. The molecule has 3 rings (SSSR count). The molecule has 0 saturated heterocycles. The number of aryl methyl sites for hydroxylation is 2. The van der Waals surface area contributed by atoms with Gasteiger partial charge in [-0.1, -0.05) is 103 Å². The van der Waals surface area contributed by atoms with Gasteiger partial charge in [0.15, 0.2) is 0 Å². The lowest BCUT2D eigenvalue weighted by atomic mass is 10.0. The number of amides is 2. The Morgan fingerprint density at radius 3 is 2.19 bits per heavy atom. The van der Waals surface area contributed by atoms with Crippen LogP contribution in [0, 0.1) is 6.92 Å². The molecule has 0 bridgehead atoms. The summed E-state index contributed by atoms with van der Waals surface area (Å²) >= 11 is 13.0. The summed E-state index contributed by atoms with van der Waals surface area (Å²) in [6.07, 6.45) is 3.11. The Morgan fingerprint density at radius 2 is 1.56 bits per heavy atom. The Hall–Kier alpha value is -2.82. The number of nitrogens with zero attached hydrogens (tertiary/aromatic N) is 1. The van der Waals surface area contributed by atoms with Gasteiger partial charge in [-0.05, 0) is 43.0 Å². The van der Waals surface area contributed by atoms with Gasteiger partial charge in [0.25, 0.3) is 0 Å².